The minimum absolute atomic E-state index is 0.0124. The van der Waals surface area contributed by atoms with Gasteiger partial charge in [-0.25, -0.2) is 9.50 Å². The third-order valence-electron chi connectivity index (χ3n) is 6.15. The summed E-state index contributed by atoms with van der Waals surface area (Å²) >= 11 is 0. The van der Waals surface area contributed by atoms with Gasteiger partial charge in [-0.2, -0.15) is 23.4 Å². The zero-order chi connectivity index (χ0) is 24.9. The van der Waals surface area contributed by atoms with Gasteiger partial charge in [-0.1, -0.05) is 42.5 Å². The molecule has 1 amide bonds. The molecule has 2 aromatic carbocycles. The number of aryl methyl sites for hydroxylation is 1. The van der Waals surface area contributed by atoms with E-state index in [9.17, 15) is 18.0 Å². The van der Waals surface area contributed by atoms with Gasteiger partial charge in [0.2, 0.25) is 0 Å². The number of amides is 1. The second-order valence-corrected chi connectivity index (χ2v) is 8.38. The van der Waals surface area contributed by atoms with Crippen LogP contribution in [0.5, 0.6) is 0 Å². The average Bonchev–Trinajstić information content (AvgIpc) is 3.40. The first-order chi connectivity index (χ1) is 16.6. The summed E-state index contributed by atoms with van der Waals surface area (Å²) in [5, 5.41) is 9.69. The molecule has 3 aromatic heterocycles. The Labute approximate surface area is 198 Å². The van der Waals surface area contributed by atoms with E-state index in [1.165, 1.54) is 4.90 Å². The number of nitrogens with zero attached hydrogens (tertiary/aromatic N) is 6. The van der Waals surface area contributed by atoms with Gasteiger partial charge in [0.15, 0.2) is 11.3 Å². The van der Waals surface area contributed by atoms with E-state index in [4.69, 9.17) is 0 Å². The summed E-state index contributed by atoms with van der Waals surface area (Å²) in [5.74, 6) is -0.487. The summed E-state index contributed by atoms with van der Waals surface area (Å²) in [6.07, 6.45) is -1.90. The molecule has 0 saturated carbocycles. The van der Waals surface area contributed by atoms with Gasteiger partial charge >= 0.3 is 6.18 Å². The number of aromatic nitrogens is 5. The number of rotatable bonds is 4. The molecule has 5 aromatic rings. The largest absolute Gasteiger partial charge is 0.433 e. The van der Waals surface area contributed by atoms with E-state index < -0.39 is 17.8 Å². The van der Waals surface area contributed by atoms with Crippen LogP contribution in [0.2, 0.25) is 0 Å². The topological polar surface area (TPSA) is 68.3 Å². The van der Waals surface area contributed by atoms with Crippen LogP contribution in [0.4, 0.5) is 13.2 Å². The maximum atomic E-state index is 14.0. The van der Waals surface area contributed by atoms with Crippen molar-refractivity contribution in [3.05, 3.63) is 83.4 Å². The van der Waals surface area contributed by atoms with Gasteiger partial charge < -0.3 is 4.90 Å². The Bertz CT molecular complexity index is 1580. The van der Waals surface area contributed by atoms with Crippen molar-refractivity contribution in [3.8, 4) is 11.3 Å². The molecular formula is C25H21F3N6O. The average molecular weight is 478 g/mol. The Morgan fingerprint density at radius 3 is 2.51 bits per heavy atom. The molecule has 0 aliphatic heterocycles. The van der Waals surface area contributed by atoms with E-state index in [0.717, 1.165) is 34.3 Å². The summed E-state index contributed by atoms with van der Waals surface area (Å²) < 4.78 is 44.5. The quantitative estimate of drug-likeness (QED) is 0.369. The Morgan fingerprint density at radius 1 is 1.06 bits per heavy atom. The first kappa shape index (κ1) is 22.6. The van der Waals surface area contributed by atoms with Gasteiger partial charge in [-0.05, 0) is 23.8 Å². The second kappa shape index (κ2) is 8.23. The third kappa shape index (κ3) is 3.90. The molecular weight excluding hydrogens is 457 g/mol. The third-order valence-corrected chi connectivity index (χ3v) is 6.15. The number of alkyl halides is 3. The second-order valence-electron chi connectivity index (χ2n) is 8.38. The maximum Gasteiger partial charge on any atom is 0.433 e. The normalized spacial score (nSPS) is 11.9. The van der Waals surface area contributed by atoms with Crippen LogP contribution in [0.25, 0.3) is 27.7 Å². The van der Waals surface area contributed by atoms with E-state index in [0.29, 0.717) is 10.1 Å². The maximum absolute atomic E-state index is 14.0. The highest BCUT2D eigenvalue weighted by Crippen LogP contribution is 2.35. The Kier molecular flexibility index (Phi) is 5.31. The SMILES string of the molecule is Cc1c(CN(C)C(=O)c2cnn3c(C(F)(F)F)cc(-c4cccc5ccccc45)nc23)cnn1C. The Morgan fingerprint density at radius 2 is 1.80 bits per heavy atom. The molecule has 0 aliphatic carbocycles. The lowest BCUT2D eigenvalue weighted by Gasteiger charge is -2.17. The number of benzene rings is 2. The molecule has 0 N–H and O–H groups in total. The number of hydrogen-bond acceptors (Lipinski definition) is 4. The molecule has 0 atom stereocenters. The highest BCUT2D eigenvalue weighted by atomic mass is 19.4. The van der Waals surface area contributed by atoms with Crippen molar-refractivity contribution < 1.29 is 18.0 Å². The molecule has 3 heterocycles. The predicted octanol–water partition coefficient (Wildman–Crippen LogP) is 4.88. The zero-order valence-electron chi connectivity index (χ0n) is 19.2. The number of hydrogen-bond donors (Lipinski definition) is 0. The summed E-state index contributed by atoms with van der Waals surface area (Å²) in [7, 11) is 3.38. The van der Waals surface area contributed by atoms with E-state index >= 15 is 0 Å². The molecule has 0 bridgehead atoms. The molecule has 0 radical (unpaired) electrons. The zero-order valence-corrected chi connectivity index (χ0v) is 19.2. The monoisotopic (exact) mass is 478 g/mol. The fourth-order valence-corrected chi connectivity index (χ4v) is 4.13. The first-order valence-corrected chi connectivity index (χ1v) is 10.8. The molecule has 0 saturated heterocycles. The van der Waals surface area contributed by atoms with Crippen LogP contribution in [0.15, 0.2) is 60.9 Å². The number of carbonyl (C=O) groups excluding carboxylic acids is 1. The minimum Gasteiger partial charge on any atom is -0.337 e. The predicted molar refractivity (Wildman–Crippen MR) is 125 cm³/mol. The molecule has 0 spiro atoms. The molecule has 7 nitrogen and oxygen atoms in total. The summed E-state index contributed by atoms with van der Waals surface area (Å²) in [6, 6.07) is 13.7. The van der Waals surface area contributed by atoms with Crippen LogP contribution in [0.1, 0.15) is 27.3 Å². The van der Waals surface area contributed by atoms with Crippen LogP contribution >= 0.6 is 0 Å². The standard InChI is InChI=1S/C25H21F3N6O/c1-15-17(12-29-33(15)3)14-32(2)24(35)20-13-30-34-22(25(26,27)28)11-21(31-23(20)34)19-10-6-8-16-7-4-5-9-18(16)19/h4-13H,14H2,1-3H3. The van der Waals surface area contributed by atoms with E-state index in [1.807, 2.05) is 37.3 Å². The number of carbonyl (C=O) groups is 1. The highest BCUT2D eigenvalue weighted by Gasteiger charge is 2.36. The smallest absolute Gasteiger partial charge is 0.337 e. The minimum atomic E-state index is -4.70. The lowest BCUT2D eigenvalue weighted by atomic mass is 10.0. The lowest BCUT2D eigenvalue weighted by Crippen LogP contribution is -2.26. The summed E-state index contributed by atoms with van der Waals surface area (Å²) in [5.41, 5.74) is 1.21. The Hall–Kier alpha value is -4.21. The number of halogens is 3. The van der Waals surface area contributed by atoms with Crippen molar-refractivity contribution >= 4 is 22.3 Å². The van der Waals surface area contributed by atoms with E-state index in [-0.39, 0.29) is 23.4 Å². The van der Waals surface area contributed by atoms with Crippen molar-refractivity contribution in [3.63, 3.8) is 0 Å². The van der Waals surface area contributed by atoms with E-state index in [1.54, 1.807) is 37.1 Å². The molecule has 0 aliphatic rings. The molecule has 0 unspecified atom stereocenters. The van der Waals surface area contributed by atoms with Crippen LogP contribution < -0.4 is 0 Å². The van der Waals surface area contributed by atoms with Gasteiger partial charge in [0.25, 0.3) is 5.91 Å². The molecule has 0 fully saturated rings. The fourth-order valence-electron chi connectivity index (χ4n) is 4.13. The van der Waals surface area contributed by atoms with Gasteiger partial charge in [-0.3, -0.25) is 9.48 Å². The van der Waals surface area contributed by atoms with Crippen LogP contribution in [-0.2, 0) is 19.8 Å². The summed E-state index contributed by atoms with van der Waals surface area (Å²) in [4.78, 5) is 19.2. The first-order valence-electron chi connectivity index (χ1n) is 10.8. The van der Waals surface area contributed by atoms with Crippen molar-refractivity contribution in [1.82, 2.24) is 29.3 Å². The van der Waals surface area contributed by atoms with Crippen molar-refractivity contribution in [2.75, 3.05) is 7.05 Å². The van der Waals surface area contributed by atoms with Gasteiger partial charge in [0.1, 0.15) is 5.56 Å². The van der Waals surface area contributed by atoms with Gasteiger partial charge in [0, 0.05) is 37.5 Å². The van der Waals surface area contributed by atoms with Crippen molar-refractivity contribution in [1.29, 1.82) is 0 Å². The molecule has 35 heavy (non-hydrogen) atoms. The molecule has 10 heteroatoms. The molecule has 178 valence electrons. The van der Waals surface area contributed by atoms with Crippen molar-refractivity contribution in [2.24, 2.45) is 7.05 Å². The van der Waals surface area contributed by atoms with Crippen LogP contribution in [-0.4, -0.2) is 42.2 Å². The number of fused-ring (bicyclic) bond motifs is 2. The highest BCUT2D eigenvalue weighted by molar-refractivity contribution is 6.00. The van der Waals surface area contributed by atoms with Crippen LogP contribution in [0.3, 0.4) is 0 Å². The molecule has 5 rings (SSSR count). The lowest BCUT2D eigenvalue weighted by molar-refractivity contribution is -0.142. The van der Waals surface area contributed by atoms with Gasteiger partial charge in [-0.15, -0.1) is 0 Å². The Balaban J connectivity index is 1.65. The van der Waals surface area contributed by atoms with Crippen LogP contribution in [0, 0.1) is 6.92 Å². The fraction of sp³-hybridized carbons (Fsp3) is 0.200. The van der Waals surface area contributed by atoms with Gasteiger partial charge in [0.05, 0.1) is 18.1 Å². The summed E-state index contributed by atoms with van der Waals surface area (Å²) in [6.45, 7) is 2.12. The van der Waals surface area contributed by atoms with E-state index in [2.05, 4.69) is 15.2 Å². The van der Waals surface area contributed by atoms with Crippen molar-refractivity contribution in [2.45, 2.75) is 19.6 Å².